The topological polar surface area (TPSA) is 92.9 Å². The molecule has 2 N–H and O–H groups in total. The number of carbonyl (C=O) groups is 1. The van der Waals surface area contributed by atoms with Crippen LogP contribution in [0.3, 0.4) is 0 Å². The van der Waals surface area contributed by atoms with E-state index in [1.165, 1.54) is 16.8 Å². The van der Waals surface area contributed by atoms with Gasteiger partial charge in [-0.2, -0.15) is 4.68 Å². The number of nitrogens with one attached hydrogen (secondary N) is 1. The van der Waals surface area contributed by atoms with Crippen molar-refractivity contribution in [1.82, 2.24) is 20.2 Å². The Morgan fingerprint density at radius 3 is 2.95 bits per heavy atom. The molecule has 0 bridgehead atoms. The van der Waals surface area contributed by atoms with Crippen molar-refractivity contribution in [2.75, 3.05) is 5.32 Å². The van der Waals surface area contributed by atoms with Crippen LogP contribution < -0.4 is 5.32 Å². The Morgan fingerprint density at radius 1 is 1.42 bits per heavy atom. The van der Waals surface area contributed by atoms with Gasteiger partial charge in [0.25, 0.3) is 0 Å². The zero-order valence-electron chi connectivity index (χ0n) is 9.49. The number of fused-ring (bicyclic) bond motifs is 1. The normalized spacial score (nSPS) is 17.3. The quantitative estimate of drug-likeness (QED) is 0.830. The van der Waals surface area contributed by atoms with E-state index in [2.05, 4.69) is 20.8 Å². The number of allylic oxidation sites excluding steroid dienone is 1. The van der Waals surface area contributed by atoms with Gasteiger partial charge in [-0.1, -0.05) is 23.3 Å². The highest BCUT2D eigenvalue weighted by atomic mass is 19.1. The van der Waals surface area contributed by atoms with Crippen LogP contribution in [0.4, 0.5) is 10.3 Å². The molecule has 8 heteroatoms. The average Bonchev–Trinajstić information content (AvgIpc) is 2.86. The fourth-order valence-electron chi connectivity index (χ4n) is 1.92. The first-order chi connectivity index (χ1) is 9.16. The van der Waals surface area contributed by atoms with Crippen LogP contribution in [0.2, 0.25) is 0 Å². The van der Waals surface area contributed by atoms with E-state index in [4.69, 9.17) is 5.11 Å². The molecule has 2 aromatic rings. The number of anilines is 1. The minimum absolute atomic E-state index is 0.0875. The van der Waals surface area contributed by atoms with Gasteiger partial charge in [-0.25, -0.2) is 9.18 Å². The molecule has 19 heavy (non-hydrogen) atoms. The van der Waals surface area contributed by atoms with E-state index in [1.807, 2.05) is 0 Å². The maximum Gasteiger partial charge on any atom is 0.352 e. The molecule has 96 valence electrons. The Balaban J connectivity index is 2.15. The number of hydrogen-bond donors (Lipinski definition) is 2. The zero-order chi connectivity index (χ0) is 13.4. The number of rotatable bonds is 2. The van der Waals surface area contributed by atoms with Gasteiger partial charge in [0, 0.05) is 5.56 Å². The lowest BCUT2D eigenvalue weighted by atomic mass is 10.0. The SMILES string of the molecule is O=C(O)C1=CC(c2ccccc2F)n2nnnc2N1. The van der Waals surface area contributed by atoms with E-state index in [9.17, 15) is 9.18 Å². The lowest BCUT2D eigenvalue weighted by Gasteiger charge is -2.21. The number of benzene rings is 1. The zero-order valence-corrected chi connectivity index (χ0v) is 9.49. The van der Waals surface area contributed by atoms with Crippen LogP contribution in [0.15, 0.2) is 36.0 Å². The molecule has 0 saturated carbocycles. The molecule has 3 rings (SSSR count). The van der Waals surface area contributed by atoms with Crippen LogP contribution in [0.25, 0.3) is 0 Å². The number of nitrogens with zero attached hydrogens (tertiary/aromatic N) is 4. The second-order valence-electron chi connectivity index (χ2n) is 3.92. The Hall–Kier alpha value is -2.77. The van der Waals surface area contributed by atoms with Crippen LogP contribution in [0.1, 0.15) is 11.6 Å². The van der Waals surface area contributed by atoms with Gasteiger partial charge in [0.05, 0.1) is 0 Å². The predicted molar refractivity (Wildman–Crippen MR) is 61.7 cm³/mol. The molecule has 0 fully saturated rings. The molecule has 1 aliphatic rings. The van der Waals surface area contributed by atoms with Gasteiger partial charge in [0.15, 0.2) is 0 Å². The summed E-state index contributed by atoms with van der Waals surface area (Å²) in [4.78, 5) is 11.0. The minimum Gasteiger partial charge on any atom is -0.477 e. The average molecular weight is 261 g/mol. The number of carboxylic acids is 1. The molecule has 7 nitrogen and oxygen atoms in total. The predicted octanol–water partition coefficient (Wildman–Crippen LogP) is 0.796. The van der Waals surface area contributed by atoms with E-state index in [0.29, 0.717) is 5.56 Å². The lowest BCUT2D eigenvalue weighted by Crippen LogP contribution is -2.24. The third kappa shape index (κ3) is 1.82. The largest absolute Gasteiger partial charge is 0.477 e. The maximum absolute atomic E-state index is 13.8. The maximum atomic E-state index is 13.8. The highest BCUT2D eigenvalue weighted by Crippen LogP contribution is 2.29. The van der Waals surface area contributed by atoms with E-state index < -0.39 is 17.8 Å². The lowest BCUT2D eigenvalue weighted by molar-refractivity contribution is -0.132. The Kier molecular flexibility index (Phi) is 2.48. The molecule has 0 spiro atoms. The molecule has 1 aromatic carbocycles. The highest BCUT2D eigenvalue weighted by Gasteiger charge is 2.27. The van der Waals surface area contributed by atoms with Gasteiger partial charge in [0.1, 0.15) is 17.6 Å². The van der Waals surface area contributed by atoms with Gasteiger partial charge in [0.2, 0.25) is 5.95 Å². The summed E-state index contributed by atoms with van der Waals surface area (Å²) in [5.74, 6) is -1.44. The molecule has 0 saturated heterocycles. The van der Waals surface area contributed by atoms with Crippen molar-refractivity contribution in [1.29, 1.82) is 0 Å². The van der Waals surface area contributed by atoms with Gasteiger partial charge in [-0.15, -0.1) is 0 Å². The van der Waals surface area contributed by atoms with Crippen molar-refractivity contribution < 1.29 is 14.3 Å². The van der Waals surface area contributed by atoms with Crippen LogP contribution in [0, 0.1) is 5.82 Å². The fourth-order valence-corrected chi connectivity index (χ4v) is 1.92. The standard InChI is InChI=1S/C11H8FN5O2/c12-7-4-2-1-3-6(7)9-5-8(10(18)19)13-11-14-15-16-17(9)11/h1-5,9H,(H,18,19)(H,13,14,16). The molecule has 1 unspecified atom stereocenters. The van der Waals surface area contributed by atoms with Gasteiger partial charge < -0.3 is 10.4 Å². The van der Waals surface area contributed by atoms with Crippen LogP contribution >= 0.6 is 0 Å². The molecule has 0 radical (unpaired) electrons. The smallest absolute Gasteiger partial charge is 0.352 e. The summed E-state index contributed by atoms with van der Waals surface area (Å²) >= 11 is 0. The number of aromatic nitrogens is 4. The number of carboxylic acid groups (broad SMARTS) is 1. The fraction of sp³-hybridized carbons (Fsp3) is 0.0909. The Bertz CT molecular complexity index is 681. The van der Waals surface area contributed by atoms with E-state index in [1.54, 1.807) is 18.2 Å². The molecular formula is C11H8FN5O2. The molecule has 1 atom stereocenters. The van der Waals surface area contributed by atoms with E-state index in [-0.39, 0.29) is 11.6 Å². The summed E-state index contributed by atoms with van der Waals surface area (Å²) in [6.07, 6.45) is 1.37. The van der Waals surface area contributed by atoms with Gasteiger partial charge >= 0.3 is 5.97 Å². The molecular weight excluding hydrogens is 253 g/mol. The van der Waals surface area contributed by atoms with Crippen LogP contribution in [-0.4, -0.2) is 31.3 Å². The van der Waals surface area contributed by atoms with E-state index >= 15 is 0 Å². The summed E-state index contributed by atoms with van der Waals surface area (Å²) in [6.45, 7) is 0. The number of halogens is 1. The Morgan fingerprint density at radius 2 is 2.21 bits per heavy atom. The second kappa shape index (κ2) is 4.16. The van der Waals surface area contributed by atoms with Gasteiger partial charge in [-0.3, -0.25) is 0 Å². The number of tetrazole rings is 1. The molecule has 2 heterocycles. The summed E-state index contributed by atoms with van der Waals surface area (Å²) in [5, 5.41) is 22.4. The second-order valence-corrected chi connectivity index (χ2v) is 3.92. The third-order valence-electron chi connectivity index (χ3n) is 2.78. The first kappa shape index (κ1) is 11.3. The van der Waals surface area contributed by atoms with Crippen LogP contribution in [0.5, 0.6) is 0 Å². The number of aliphatic carboxylic acids is 1. The monoisotopic (exact) mass is 261 g/mol. The molecule has 1 aromatic heterocycles. The molecule has 0 amide bonds. The van der Waals surface area contributed by atoms with E-state index in [0.717, 1.165) is 0 Å². The minimum atomic E-state index is -1.16. The van der Waals surface area contributed by atoms with Gasteiger partial charge in [-0.05, 0) is 22.6 Å². The highest BCUT2D eigenvalue weighted by molar-refractivity contribution is 5.90. The summed E-state index contributed by atoms with van der Waals surface area (Å²) in [6, 6.07) is 5.39. The summed E-state index contributed by atoms with van der Waals surface area (Å²) < 4.78 is 15.1. The summed E-state index contributed by atoms with van der Waals surface area (Å²) in [5.41, 5.74) is 0.215. The molecule has 0 aliphatic carbocycles. The van der Waals surface area contributed by atoms with Crippen molar-refractivity contribution in [2.45, 2.75) is 6.04 Å². The van der Waals surface area contributed by atoms with Crippen LogP contribution in [-0.2, 0) is 4.79 Å². The van der Waals surface area contributed by atoms with Crippen molar-refractivity contribution in [2.24, 2.45) is 0 Å². The van der Waals surface area contributed by atoms with Crippen molar-refractivity contribution in [3.8, 4) is 0 Å². The number of hydrogen-bond acceptors (Lipinski definition) is 5. The first-order valence-electron chi connectivity index (χ1n) is 5.41. The summed E-state index contributed by atoms with van der Waals surface area (Å²) in [7, 11) is 0. The third-order valence-corrected chi connectivity index (χ3v) is 2.78. The molecule has 1 aliphatic heterocycles. The first-order valence-corrected chi connectivity index (χ1v) is 5.41. The van der Waals surface area contributed by atoms with Crippen molar-refractivity contribution >= 4 is 11.9 Å². The van der Waals surface area contributed by atoms with Crippen molar-refractivity contribution in [3.63, 3.8) is 0 Å². The van der Waals surface area contributed by atoms with Crippen molar-refractivity contribution in [3.05, 3.63) is 47.4 Å². The Labute approximate surface area is 106 Å².